The van der Waals surface area contributed by atoms with E-state index >= 15 is 0 Å². The first-order valence-electron chi connectivity index (χ1n) is 6.32. The van der Waals surface area contributed by atoms with Crippen LogP contribution in [0, 0.1) is 0 Å². The van der Waals surface area contributed by atoms with Gasteiger partial charge in [0.05, 0.1) is 0 Å². The van der Waals surface area contributed by atoms with Gasteiger partial charge in [0, 0.05) is 0 Å². The molecule has 18 heavy (non-hydrogen) atoms. The number of benzene rings is 1. The van der Waals surface area contributed by atoms with Gasteiger partial charge in [-0.25, -0.2) is 0 Å². The molecule has 0 saturated heterocycles. The van der Waals surface area contributed by atoms with Gasteiger partial charge in [-0.1, -0.05) is 30.3 Å². The van der Waals surface area contributed by atoms with E-state index in [1.807, 2.05) is 0 Å². The number of rotatable bonds is 5. The number of hydrogen-bond donors (Lipinski definition) is 1. The molecule has 1 aliphatic rings. The summed E-state index contributed by atoms with van der Waals surface area (Å²) in [5, 5.41) is 7.92. The maximum atomic E-state index is 10.6. The average Bonchev–Trinajstić information content (AvgIpc) is 2.90. The zero-order valence-electron chi connectivity index (χ0n) is 10.2. The summed E-state index contributed by atoms with van der Waals surface area (Å²) in [5.41, 5.74) is 3.86. The molecule has 2 nitrogen and oxygen atoms in total. The Morgan fingerprint density at radius 2 is 2.06 bits per heavy atom. The summed E-state index contributed by atoms with van der Waals surface area (Å²) in [4.78, 5) is 10.6. The third-order valence-electron chi connectivity index (χ3n) is 3.32. The van der Waals surface area contributed by atoms with Crippen molar-refractivity contribution in [3.8, 4) is 0 Å². The lowest BCUT2D eigenvalue weighted by molar-refractivity contribution is -0.136. The quantitative estimate of drug-likeness (QED) is 0.820. The van der Waals surface area contributed by atoms with Gasteiger partial charge in [-0.15, -0.1) is 11.6 Å². The molecule has 1 atom stereocenters. The maximum absolute atomic E-state index is 10.6. The second kappa shape index (κ2) is 6.05. The van der Waals surface area contributed by atoms with E-state index in [9.17, 15) is 4.79 Å². The molecule has 0 heterocycles. The van der Waals surface area contributed by atoms with E-state index in [1.54, 1.807) is 0 Å². The standard InChI is InChI=1S/C15H17ClO2/c16-14(15(17)18)10-7-11-5-8-13(9-6-11)12-3-1-2-4-12/h3,5-6,8-9,14H,1-2,4,7,10H2,(H,17,18). The second-order valence-electron chi connectivity index (χ2n) is 4.66. The summed E-state index contributed by atoms with van der Waals surface area (Å²) in [5.74, 6) is -0.940. The van der Waals surface area contributed by atoms with Crippen molar-refractivity contribution >= 4 is 23.1 Å². The van der Waals surface area contributed by atoms with Crippen LogP contribution in [0.2, 0.25) is 0 Å². The average molecular weight is 265 g/mol. The van der Waals surface area contributed by atoms with Crippen molar-refractivity contribution in [3.05, 3.63) is 41.5 Å². The summed E-state index contributed by atoms with van der Waals surface area (Å²) in [6.45, 7) is 0. The molecule has 1 aliphatic carbocycles. The molecule has 0 fully saturated rings. The fourth-order valence-corrected chi connectivity index (χ4v) is 2.34. The third kappa shape index (κ3) is 3.36. The van der Waals surface area contributed by atoms with E-state index in [0.717, 1.165) is 5.56 Å². The van der Waals surface area contributed by atoms with Crippen LogP contribution < -0.4 is 0 Å². The molecule has 1 unspecified atom stereocenters. The molecular weight excluding hydrogens is 248 g/mol. The molecule has 96 valence electrons. The van der Waals surface area contributed by atoms with Crippen LogP contribution in [0.4, 0.5) is 0 Å². The van der Waals surface area contributed by atoms with Gasteiger partial charge in [-0.2, -0.15) is 0 Å². The van der Waals surface area contributed by atoms with Crippen molar-refractivity contribution < 1.29 is 9.90 Å². The van der Waals surface area contributed by atoms with Crippen LogP contribution in [-0.4, -0.2) is 16.5 Å². The van der Waals surface area contributed by atoms with E-state index in [-0.39, 0.29) is 0 Å². The highest BCUT2D eigenvalue weighted by Crippen LogP contribution is 2.27. The van der Waals surface area contributed by atoms with E-state index < -0.39 is 11.3 Å². The zero-order valence-corrected chi connectivity index (χ0v) is 11.0. The van der Waals surface area contributed by atoms with Crippen molar-refractivity contribution in [1.29, 1.82) is 0 Å². The molecular formula is C15H17ClO2. The van der Waals surface area contributed by atoms with E-state index in [0.29, 0.717) is 12.8 Å². The van der Waals surface area contributed by atoms with E-state index in [1.165, 1.54) is 30.4 Å². The molecule has 0 spiro atoms. The Hall–Kier alpha value is -1.28. The normalized spacial score (nSPS) is 16.4. The highest BCUT2D eigenvalue weighted by atomic mass is 35.5. The Labute approximate surface area is 112 Å². The Morgan fingerprint density at radius 3 is 2.61 bits per heavy atom. The third-order valence-corrected chi connectivity index (χ3v) is 3.73. The fourth-order valence-electron chi connectivity index (χ4n) is 2.24. The molecule has 2 rings (SSSR count). The molecule has 0 bridgehead atoms. The van der Waals surface area contributed by atoms with Gasteiger partial charge >= 0.3 is 5.97 Å². The van der Waals surface area contributed by atoms with Crippen molar-refractivity contribution in [3.63, 3.8) is 0 Å². The van der Waals surface area contributed by atoms with Crippen LogP contribution in [0.3, 0.4) is 0 Å². The first kappa shape index (κ1) is 13.2. The predicted molar refractivity (Wildman–Crippen MR) is 73.9 cm³/mol. The summed E-state index contributed by atoms with van der Waals surface area (Å²) < 4.78 is 0. The van der Waals surface area contributed by atoms with Crippen LogP contribution >= 0.6 is 11.6 Å². The minimum atomic E-state index is -0.940. The van der Waals surface area contributed by atoms with E-state index in [2.05, 4.69) is 30.3 Å². The molecule has 1 aromatic carbocycles. The van der Waals surface area contributed by atoms with Crippen LogP contribution in [0.25, 0.3) is 5.57 Å². The summed E-state index contributed by atoms with van der Waals surface area (Å²) >= 11 is 5.69. The smallest absolute Gasteiger partial charge is 0.321 e. The van der Waals surface area contributed by atoms with E-state index in [4.69, 9.17) is 16.7 Å². The number of hydrogen-bond acceptors (Lipinski definition) is 1. The molecule has 0 radical (unpaired) electrons. The lowest BCUT2D eigenvalue weighted by atomic mass is 10.0. The lowest BCUT2D eigenvalue weighted by Crippen LogP contribution is -2.13. The Balaban J connectivity index is 1.93. The number of halogens is 1. The fraction of sp³-hybridized carbons (Fsp3) is 0.400. The van der Waals surface area contributed by atoms with Crippen molar-refractivity contribution in [1.82, 2.24) is 0 Å². The molecule has 3 heteroatoms. The van der Waals surface area contributed by atoms with Crippen LogP contribution in [0.1, 0.15) is 36.8 Å². The van der Waals surface area contributed by atoms with Crippen molar-refractivity contribution in [2.24, 2.45) is 0 Å². The highest BCUT2D eigenvalue weighted by Gasteiger charge is 2.13. The van der Waals surface area contributed by atoms with Crippen LogP contribution in [-0.2, 0) is 11.2 Å². The first-order valence-corrected chi connectivity index (χ1v) is 6.75. The topological polar surface area (TPSA) is 37.3 Å². The molecule has 0 aromatic heterocycles. The first-order chi connectivity index (χ1) is 8.66. The van der Waals surface area contributed by atoms with Gasteiger partial charge in [-0.05, 0) is 48.8 Å². The predicted octanol–water partition coefficient (Wildman–Crippen LogP) is 3.88. The van der Waals surface area contributed by atoms with Crippen molar-refractivity contribution in [2.45, 2.75) is 37.5 Å². The SMILES string of the molecule is O=C(O)C(Cl)CCc1ccc(C2=CCCC2)cc1. The summed E-state index contributed by atoms with van der Waals surface area (Å²) in [7, 11) is 0. The minimum Gasteiger partial charge on any atom is -0.480 e. The number of carboxylic acid groups (broad SMARTS) is 1. The Bertz CT molecular complexity index is 448. The Morgan fingerprint density at radius 1 is 1.33 bits per heavy atom. The van der Waals surface area contributed by atoms with Gasteiger partial charge < -0.3 is 5.11 Å². The molecule has 0 saturated carbocycles. The van der Waals surface area contributed by atoms with Crippen LogP contribution in [0.5, 0.6) is 0 Å². The number of allylic oxidation sites excluding steroid dienone is 2. The minimum absolute atomic E-state index is 0.471. The van der Waals surface area contributed by atoms with Gasteiger partial charge in [-0.3, -0.25) is 4.79 Å². The number of aliphatic carboxylic acids is 1. The van der Waals surface area contributed by atoms with Crippen molar-refractivity contribution in [2.75, 3.05) is 0 Å². The van der Waals surface area contributed by atoms with Gasteiger partial charge in [0.25, 0.3) is 0 Å². The molecule has 0 aliphatic heterocycles. The van der Waals surface area contributed by atoms with Gasteiger partial charge in [0.1, 0.15) is 5.38 Å². The lowest BCUT2D eigenvalue weighted by Gasteiger charge is -2.06. The molecule has 1 aromatic rings. The zero-order chi connectivity index (χ0) is 13.0. The largest absolute Gasteiger partial charge is 0.480 e. The summed E-state index contributed by atoms with van der Waals surface area (Å²) in [6, 6.07) is 8.38. The molecule has 1 N–H and O–H groups in total. The Kier molecular flexibility index (Phi) is 4.43. The highest BCUT2D eigenvalue weighted by molar-refractivity contribution is 6.29. The van der Waals surface area contributed by atoms with Gasteiger partial charge in [0.2, 0.25) is 0 Å². The number of carbonyl (C=O) groups is 1. The molecule has 0 amide bonds. The van der Waals surface area contributed by atoms with Gasteiger partial charge in [0.15, 0.2) is 0 Å². The number of aryl methyl sites for hydroxylation is 1. The summed E-state index contributed by atoms with van der Waals surface area (Å²) in [6.07, 6.45) is 7.09. The van der Waals surface area contributed by atoms with Crippen LogP contribution in [0.15, 0.2) is 30.3 Å². The maximum Gasteiger partial charge on any atom is 0.321 e. The second-order valence-corrected chi connectivity index (χ2v) is 5.19. The monoisotopic (exact) mass is 264 g/mol. The number of carboxylic acids is 1. The number of alkyl halides is 1.